The van der Waals surface area contributed by atoms with Gasteiger partial charge in [0.2, 0.25) is 0 Å². The first-order valence-electron chi connectivity index (χ1n) is 5.32. The second kappa shape index (κ2) is 4.73. The Bertz CT molecular complexity index is 335. The van der Waals surface area contributed by atoms with Gasteiger partial charge in [-0.05, 0) is 31.0 Å². The number of halogens is 1. The van der Waals surface area contributed by atoms with Crippen molar-refractivity contribution in [2.24, 2.45) is 0 Å². The second-order valence-corrected chi connectivity index (χ2v) is 4.33. The van der Waals surface area contributed by atoms with Gasteiger partial charge in [-0.2, -0.15) is 0 Å². The molecule has 3 nitrogen and oxygen atoms in total. The molecular weight excluding hydrogens is 210 g/mol. The van der Waals surface area contributed by atoms with Gasteiger partial charge in [-0.25, -0.2) is 5.01 Å². The number of piperidine rings is 1. The molecule has 15 heavy (non-hydrogen) atoms. The van der Waals surface area contributed by atoms with Crippen LogP contribution in [0, 0.1) is 0 Å². The van der Waals surface area contributed by atoms with E-state index >= 15 is 0 Å². The summed E-state index contributed by atoms with van der Waals surface area (Å²) in [6.07, 6.45) is 3.81. The molecule has 3 N–H and O–H groups in total. The lowest BCUT2D eigenvalue weighted by molar-refractivity contribution is 0.273. The molecule has 0 atom stereocenters. The number of anilines is 2. The summed E-state index contributed by atoms with van der Waals surface area (Å²) in [4.78, 5) is 0. The predicted octanol–water partition coefficient (Wildman–Crippen LogP) is 2.74. The summed E-state index contributed by atoms with van der Waals surface area (Å²) in [5, 5.41) is 2.91. The second-order valence-electron chi connectivity index (χ2n) is 3.89. The van der Waals surface area contributed by atoms with Crippen molar-refractivity contribution in [3.8, 4) is 0 Å². The zero-order valence-electron chi connectivity index (χ0n) is 8.67. The van der Waals surface area contributed by atoms with Crippen molar-refractivity contribution in [2.45, 2.75) is 19.3 Å². The molecule has 1 aromatic carbocycles. The van der Waals surface area contributed by atoms with E-state index < -0.39 is 0 Å². The van der Waals surface area contributed by atoms with E-state index in [-0.39, 0.29) is 0 Å². The third-order valence-corrected chi connectivity index (χ3v) is 2.89. The van der Waals surface area contributed by atoms with Crippen molar-refractivity contribution in [3.63, 3.8) is 0 Å². The molecule has 0 spiro atoms. The highest BCUT2D eigenvalue weighted by Crippen LogP contribution is 2.24. The lowest BCUT2D eigenvalue weighted by Crippen LogP contribution is -2.35. The van der Waals surface area contributed by atoms with Crippen LogP contribution in [-0.4, -0.2) is 18.1 Å². The van der Waals surface area contributed by atoms with Crippen LogP contribution in [0.15, 0.2) is 18.2 Å². The number of nitrogens with zero attached hydrogens (tertiary/aromatic N) is 1. The van der Waals surface area contributed by atoms with Crippen LogP contribution in [0.5, 0.6) is 0 Å². The molecule has 0 radical (unpaired) electrons. The number of hydrogen-bond acceptors (Lipinski definition) is 3. The van der Waals surface area contributed by atoms with Gasteiger partial charge in [0.25, 0.3) is 0 Å². The molecule has 82 valence electrons. The zero-order chi connectivity index (χ0) is 10.7. The van der Waals surface area contributed by atoms with Gasteiger partial charge in [-0.3, -0.25) is 0 Å². The highest BCUT2D eigenvalue weighted by Gasteiger charge is 2.10. The fourth-order valence-electron chi connectivity index (χ4n) is 1.80. The quantitative estimate of drug-likeness (QED) is 0.761. The Kier molecular flexibility index (Phi) is 3.34. The monoisotopic (exact) mass is 225 g/mol. The fourth-order valence-corrected chi connectivity index (χ4v) is 1.97. The van der Waals surface area contributed by atoms with E-state index in [0.29, 0.717) is 5.02 Å². The van der Waals surface area contributed by atoms with E-state index in [1.54, 1.807) is 6.07 Å². The maximum absolute atomic E-state index is 5.92. The topological polar surface area (TPSA) is 41.3 Å². The number of benzene rings is 1. The van der Waals surface area contributed by atoms with Crippen LogP contribution in [0.25, 0.3) is 0 Å². The van der Waals surface area contributed by atoms with Crippen molar-refractivity contribution < 1.29 is 0 Å². The maximum Gasteiger partial charge on any atom is 0.0734 e. The number of rotatable bonds is 2. The standard InChI is InChI=1S/C11H16ClN3/c12-9-4-5-10(13)11(8-9)14-15-6-2-1-3-7-15/h4-5,8,14H,1-3,6-7,13H2. The Labute approximate surface area is 95.2 Å². The summed E-state index contributed by atoms with van der Waals surface area (Å²) in [5.41, 5.74) is 10.8. The fraction of sp³-hybridized carbons (Fsp3) is 0.455. The van der Waals surface area contributed by atoms with Gasteiger partial charge in [-0.15, -0.1) is 0 Å². The van der Waals surface area contributed by atoms with E-state index in [9.17, 15) is 0 Å². The molecule has 1 aliphatic heterocycles. The van der Waals surface area contributed by atoms with Gasteiger partial charge in [-0.1, -0.05) is 18.0 Å². The lowest BCUT2D eigenvalue weighted by atomic mass is 10.2. The van der Waals surface area contributed by atoms with Crippen molar-refractivity contribution in [1.82, 2.24) is 5.01 Å². The first-order valence-corrected chi connectivity index (χ1v) is 5.70. The van der Waals surface area contributed by atoms with Crippen molar-refractivity contribution in [2.75, 3.05) is 24.2 Å². The molecule has 0 unspecified atom stereocenters. The number of hydrogen-bond donors (Lipinski definition) is 2. The highest BCUT2D eigenvalue weighted by atomic mass is 35.5. The predicted molar refractivity (Wildman–Crippen MR) is 64.9 cm³/mol. The summed E-state index contributed by atoms with van der Waals surface area (Å²) in [5.74, 6) is 0. The van der Waals surface area contributed by atoms with Crippen LogP contribution in [0.4, 0.5) is 11.4 Å². The van der Waals surface area contributed by atoms with Crippen LogP contribution >= 0.6 is 11.6 Å². The van der Waals surface area contributed by atoms with E-state index in [1.165, 1.54) is 19.3 Å². The molecule has 1 aliphatic rings. The lowest BCUT2D eigenvalue weighted by Gasteiger charge is -2.28. The smallest absolute Gasteiger partial charge is 0.0734 e. The summed E-state index contributed by atoms with van der Waals surface area (Å²) >= 11 is 5.92. The molecule has 4 heteroatoms. The van der Waals surface area contributed by atoms with E-state index in [0.717, 1.165) is 24.5 Å². The van der Waals surface area contributed by atoms with Crippen LogP contribution < -0.4 is 11.2 Å². The SMILES string of the molecule is Nc1ccc(Cl)cc1NN1CCCCC1. The summed E-state index contributed by atoms with van der Waals surface area (Å²) in [6, 6.07) is 5.50. The molecule has 1 aromatic rings. The van der Waals surface area contributed by atoms with Crippen LogP contribution in [0.2, 0.25) is 5.02 Å². The van der Waals surface area contributed by atoms with Gasteiger partial charge in [0.1, 0.15) is 0 Å². The average molecular weight is 226 g/mol. The van der Waals surface area contributed by atoms with Crippen LogP contribution in [0.1, 0.15) is 19.3 Å². The number of hydrazine groups is 1. The van der Waals surface area contributed by atoms with Crippen molar-refractivity contribution in [3.05, 3.63) is 23.2 Å². The van der Waals surface area contributed by atoms with Gasteiger partial charge >= 0.3 is 0 Å². The molecular formula is C11H16ClN3. The van der Waals surface area contributed by atoms with Gasteiger partial charge in [0.15, 0.2) is 0 Å². The highest BCUT2D eigenvalue weighted by molar-refractivity contribution is 6.31. The van der Waals surface area contributed by atoms with Gasteiger partial charge in [0.05, 0.1) is 11.4 Å². The third kappa shape index (κ3) is 2.76. The molecule has 1 heterocycles. The molecule has 1 fully saturated rings. The number of nitrogens with one attached hydrogen (secondary N) is 1. The Morgan fingerprint density at radius 1 is 1.20 bits per heavy atom. The Morgan fingerprint density at radius 2 is 1.93 bits per heavy atom. The van der Waals surface area contributed by atoms with E-state index in [4.69, 9.17) is 17.3 Å². The first kappa shape index (κ1) is 10.6. The molecule has 0 aromatic heterocycles. The van der Waals surface area contributed by atoms with Gasteiger partial charge in [0, 0.05) is 18.1 Å². The average Bonchev–Trinajstić information content (AvgIpc) is 2.25. The first-order chi connectivity index (χ1) is 7.25. The summed E-state index contributed by atoms with van der Waals surface area (Å²) in [6.45, 7) is 2.15. The van der Waals surface area contributed by atoms with Crippen LogP contribution in [-0.2, 0) is 0 Å². The molecule has 0 amide bonds. The molecule has 2 rings (SSSR count). The largest absolute Gasteiger partial charge is 0.397 e. The Hall–Kier alpha value is -0.930. The maximum atomic E-state index is 5.92. The number of nitrogen functional groups attached to an aromatic ring is 1. The van der Waals surface area contributed by atoms with Crippen molar-refractivity contribution in [1.29, 1.82) is 0 Å². The summed E-state index contributed by atoms with van der Waals surface area (Å²) in [7, 11) is 0. The minimum absolute atomic E-state index is 0.712. The zero-order valence-corrected chi connectivity index (χ0v) is 9.43. The van der Waals surface area contributed by atoms with Crippen LogP contribution in [0.3, 0.4) is 0 Å². The molecule has 1 saturated heterocycles. The number of nitrogens with two attached hydrogens (primary N) is 1. The molecule has 0 bridgehead atoms. The van der Waals surface area contributed by atoms with E-state index in [1.807, 2.05) is 12.1 Å². The van der Waals surface area contributed by atoms with Gasteiger partial charge < -0.3 is 11.2 Å². The van der Waals surface area contributed by atoms with Crippen molar-refractivity contribution >= 4 is 23.0 Å². The Morgan fingerprint density at radius 3 is 2.67 bits per heavy atom. The third-order valence-electron chi connectivity index (χ3n) is 2.65. The molecule has 0 aliphatic carbocycles. The normalized spacial score (nSPS) is 17.7. The van der Waals surface area contributed by atoms with E-state index in [2.05, 4.69) is 10.4 Å². The minimum atomic E-state index is 0.712. The summed E-state index contributed by atoms with van der Waals surface area (Å²) < 4.78 is 0. The minimum Gasteiger partial charge on any atom is -0.397 e. The molecule has 0 saturated carbocycles. The Balaban J connectivity index is 2.05.